The molecule has 1 aliphatic rings. The van der Waals surface area contributed by atoms with Crippen LogP contribution >= 0.6 is 0 Å². The third-order valence-corrected chi connectivity index (χ3v) is 13.7. The number of anilines is 3. The summed E-state index contributed by atoms with van der Waals surface area (Å²) < 4.78 is 0. The van der Waals surface area contributed by atoms with Crippen LogP contribution in [0.1, 0.15) is 25.0 Å². The smallest absolute Gasteiger partial charge is 0.0474 e. The predicted molar refractivity (Wildman–Crippen MR) is 258 cm³/mol. The molecule has 12 aromatic carbocycles. The average molecular weight is 762 g/mol. The van der Waals surface area contributed by atoms with Crippen molar-refractivity contribution in [3.8, 4) is 22.3 Å². The standard InChI is InChI=1S/C59H39N/c1-59(2)53-19-6-5-15-47(53)48-31-30-45(35-54(48)59)60(44-28-26-37(27-29-44)42-24-20-36-10-3-4-11-41(36)32-42)46-33-43-25-23-40-13-8-17-50-49-16-7-12-38-21-22-39-14-9-18-51(57(39)55(38)49)52(34-46)58(43)56(40)50/h3-35H,1-2H3. The minimum Gasteiger partial charge on any atom is -0.310 e. The molecular weight excluding hydrogens is 723 g/mol. The van der Waals surface area contributed by atoms with Crippen LogP contribution in [0.25, 0.3) is 97.7 Å². The van der Waals surface area contributed by atoms with Crippen molar-refractivity contribution in [1.29, 1.82) is 0 Å². The molecule has 0 bridgehead atoms. The van der Waals surface area contributed by atoms with Gasteiger partial charge >= 0.3 is 0 Å². The van der Waals surface area contributed by atoms with Crippen LogP contribution < -0.4 is 4.90 Å². The fraction of sp³-hybridized carbons (Fsp3) is 0.0508. The van der Waals surface area contributed by atoms with E-state index in [0.29, 0.717) is 0 Å². The topological polar surface area (TPSA) is 3.24 Å². The minimum absolute atomic E-state index is 0.129. The summed E-state index contributed by atoms with van der Waals surface area (Å²) in [4.78, 5) is 2.49. The van der Waals surface area contributed by atoms with Gasteiger partial charge in [-0.3, -0.25) is 0 Å². The Morgan fingerprint density at radius 1 is 0.300 bits per heavy atom. The first-order chi connectivity index (χ1) is 29.5. The fourth-order valence-electron chi connectivity index (χ4n) is 10.8. The number of nitrogens with zero attached hydrogens (tertiary/aromatic N) is 1. The van der Waals surface area contributed by atoms with Gasteiger partial charge in [-0.05, 0) is 151 Å². The van der Waals surface area contributed by atoms with E-state index in [1.165, 1.54) is 109 Å². The molecular formula is C59H39N. The van der Waals surface area contributed by atoms with Crippen LogP contribution in [0.5, 0.6) is 0 Å². The first-order valence-corrected chi connectivity index (χ1v) is 21.1. The molecule has 1 heteroatoms. The molecule has 60 heavy (non-hydrogen) atoms. The van der Waals surface area contributed by atoms with Gasteiger partial charge in [0.1, 0.15) is 0 Å². The van der Waals surface area contributed by atoms with Crippen molar-refractivity contribution in [1.82, 2.24) is 0 Å². The number of hydrogen-bond donors (Lipinski definition) is 0. The van der Waals surface area contributed by atoms with Crippen molar-refractivity contribution in [2.24, 2.45) is 0 Å². The Kier molecular flexibility index (Phi) is 6.85. The van der Waals surface area contributed by atoms with Gasteiger partial charge in [0.15, 0.2) is 0 Å². The number of benzene rings is 11. The van der Waals surface area contributed by atoms with Gasteiger partial charge in [-0.2, -0.15) is 0 Å². The highest BCUT2D eigenvalue weighted by molar-refractivity contribution is 6.37. The minimum atomic E-state index is -0.129. The zero-order valence-corrected chi connectivity index (χ0v) is 33.5. The quantitative estimate of drug-likeness (QED) is 0.161. The summed E-state index contributed by atoms with van der Waals surface area (Å²) >= 11 is 0. The van der Waals surface area contributed by atoms with E-state index in [2.05, 4.69) is 219 Å². The largest absolute Gasteiger partial charge is 0.310 e. The molecule has 0 amide bonds. The Bertz CT molecular complexity index is 3730. The summed E-state index contributed by atoms with van der Waals surface area (Å²) in [7, 11) is 0. The SMILES string of the molecule is CC1(C)c2ccccc2-c2ccc(N(c3ccc(-c4ccc5ccccc5c4)cc3)c3cc4ccc5cccc6c7cccc8ccc9cccc(c(c3)c4c56)c9c87)cc21. The first-order valence-electron chi connectivity index (χ1n) is 21.1. The Labute approximate surface area is 348 Å². The second-order valence-corrected chi connectivity index (χ2v) is 17.3. The van der Waals surface area contributed by atoms with Crippen molar-refractivity contribution in [2.75, 3.05) is 4.90 Å². The highest BCUT2D eigenvalue weighted by Crippen LogP contribution is 2.52. The molecule has 0 spiro atoms. The van der Waals surface area contributed by atoms with E-state index in [1.807, 2.05) is 0 Å². The van der Waals surface area contributed by atoms with Crippen molar-refractivity contribution < 1.29 is 0 Å². The molecule has 0 unspecified atom stereocenters. The van der Waals surface area contributed by atoms with Gasteiger partial charge in [-0.25, -0.2) is 0 Å². The molecule has 0 N–H and O–H groups in total. The molecule has 1 aliphatic carbocycles. The summed E-state index contributed by atoms with van der Waals surface area (Å²) in [6, 6.07) is 75.3. The van der Waals surface area contributed by atoms with E-state index in [4.69, 9.17) is 0 Å². The van der Waals surface area contributed by atoms with E-state index in [9.17, 15) is 0 Å². The molecule has 0 fully saturated rings. The molecule has 0 atom stereocenters. The van der Waals surface area contributed by atoms with Gasteiger partial charge in [-0.1, -0.05) is 172 Å². The van der Waals surface area contributed by atoms with E-state index in [1.54, 1.807) is 0 Å². The van der Waals surface area contributed by atoms with Crippen molar-refractivity contribution in [2.45, 2.75) is 19.3 Å². The van der Waals surface area contributed by atoms with Crippen molar-refractivity contribution >= 4 is 92.5 Å². The van der Waals surface area contributed by atoms with Crippen LogP contribution in [0.2, 0.25) is 0 Å². The zero-order valence-electron chi connectivity index (χ0n) is 33.5. The molecule has 13 rings (SSSR count). The molecule has 0 saturated heterocycles. The third-order valence-electron chi connectivity index (χ3n) is 13.7. The van der Waals surface area contributed by atoms with Gasteiger partial charge < -0.3 is 4.90 Å². The van der Waals surface area contributed by atoms with Crippen LogP contribution in [-0.2, 0) is 5.41 Å². The molecule has 280 valence electrons. The van der Waals surface area contributed by atoms with Crippen LogP contribution in [-0.4, -0.2) is 0 Å². The monoisotopic (exact) mass is 761 g/mol. The summed E-state index contributed by atoms with van der Waals surface area (Å²) in [5, 5.41) is 17.9. The van der Waals surface area contributed by atoms with Crippen LogP contribution in [0, 0.1) is 0 Å². The molecule has 1 nitrogen and oxygen atoms in total. The van der Waals surface area contributed by atoms with E-state index in [-0.39, 0.29) is 5.41 Å². The van der Waals surface area contributed by atoms with Gasteiger partial charge in [0.05, 0.1) is 0 Å². The van der Waals surface area contributed by atoms with Crippen LogP contribution in [0.4, 0.5) is 17.1 Å². The predicted octanol–water partition coefficient (Wildman–Crippen LogP) is 16.6. The highest BCUT2D eigenvalue weighted by Gasteiger charge is 2.36. The molecule has 0 heterocycles. The van der Waals surface area contributed by atoms with E-state index in [0.717, 1.165) is 17.1 Å². The van der Waals surface area contributed by atoms with Gasteiger partial charge in [0, 0.05) is 22.5 Å². The summed E-state index contributed by atoms with van der Waals surface area (Å²) in [5.74, 6) is 0. The molecule has 12 aromatic rings. The van der Waals surface area contributed by atoms with Crippen LogP contribution in [0.3, 0.4) is 0 Å². The Hall–Kier alpha value is -7.48. The Morgan fingerprint density at radius 2 is 0.817 bits per heavy atom. The number of rotatable bonds is 4. The lowest BCUT2D eigenvalue weighted by atomic mass is 9.82. The Balaban J connectivity index is 1.11. The van der Waals surface area contributed by atoms with Gasteiger partial charge in [0.2, 0.25) is 0 Å². The maximum atomic E-state index is 2.49. The van der Waals surface area contributed by atoms with E-state index >= 15 is 0 Å². The number of fused-ring (bicyclic) bond motifs is 6. The van der Waals surface area contributed by atoms with Gasteiger partial charge in [0.25, 0.3) is 0 Å². The maximum Gasteiger partial charge on any atom is 0.0474 e. The summed E-state index contributed by atoms with van der Waals surface area (Å²) in [6.07, 6.45) is 0. The zero-order chi connectivity index (χ0) is 39.7. The third kappa shape index (κ3) is 4.69. The lowest BCUT2D eigenvalue weighted by molar-refractivity contribution is 0.660. The lowest BCUT2D eigenvalue weighted by Crippen LogP contribution is -2.16. The highest BCUT2D eigenvalue weighted by atomic mass is 15.1. The molecule has 0 aliphatic heterocycles. The Morgan fingerprint density at radius 3 is 1.52 bits per heavy atom. The normalized spacial score (nSPS) is 13.3. The second kappa shape index (κ2) is 12.3. The molecule has 0 radical (unpaired) electrons. The maximum absolute atomic E-state index is 2.49. The fourth-order valence-corrected chi connectivity index (χ4v) is 10.8. The molecule has 0 saturated carbocycles. The average Bonchev–Trinajstić information content (AvgIpc) is 3.52. The van der Waals surface area contributed by atoms with Gasteiger partial charge in [-0.15, -0.1) is 0 Å². The number of hydrogen-bond acceptors (Lipinski definition) is 1. The van der Waals surface area contributed by atoms with E-state index < -0.39 is 0 Å². The van der Waals surface area contributed by atoms with Crippen molar-refractivity contribution in [3.63, 3.8) is 0 Å². The van der Waals surface area contributed by atoms with Crippen LogP contribution in [0.15, 0.2) is 200 Å². The van der Waals surface area contributed by atoms with Crippen molar-refractivity contribution in [3.05, 3.63) is 211 Å². The second-order valence-electron chi connectivity index (χ2n) is 17.3. The lowest BCUT2D eigenvalue weighted by Gasteiger charge is -2.29. The summed E-state index contributed by atoms with van der Waals surface area (Å²) in [6.45, 7) is 4.75. The summed E-state index contributed by atoms with van der Waals surface area (Å²) in [5.41, 5.74) is 11.1. The molecule has 0 aromatic heterocycles. The first kappa shape index (κ1) is 33.5.